The number of aliphatic imine (C=N–C) groups is 1. The average molecular weight is 479 g/mol. The SMILES string of the molecule is O=C(O)CN(Cc1ccccc1)C(=O)CCCCCCOc1cccc2c1CN1CC(=O)NC1=N2. The van der Waals surface area contributed by atoms with Gasteiger partial charge in [0, 0.05) is 18.5 Å². The quantitative estimate of drug-likeness (QED) is 0.454. The van der Waals surface area contributed by atoms with Gasteiger partial charge in [0.15, 0.2) is 0 Å². The van der Waals surface area contributed by atoms with E-state index in [1.807, 2.05) is 53.4 Å². The number of aliphatic carboxylic acids is 1. The number of benzene rings is 2. The highest BCUT2D eigenvalue weighted by Gasteiger charge is 2.30. The number of hydrogen-bond donors (Lipinski definition) is 2. The minimum absolute atomic E-state index is 0.0522. The van der Waals surface area contributed by atoms with Crippen LogP contribution < -0.4 is 10.1 Å². The fraction of sp³-hybridized carbons (Fsp3) is 0.385. The molecule has 4 rings (SSSR count). The van der Waals surface area contributed by atoms with Gasteiger partial charge in [0.05, 0.1) is 18.8 Å². The molecule has 0 aromatic heterocycles. The van der Waals surface area contributed by atoms with E-state index in [0.717, 1.165) is 41.8 Å². The number of ether oxygens (including phenoxy) is 1. The van der Waals surface area contributed by atoms with Crippen LogP contribution in [0.15, 0.2) is 53.5 Å². The Morgan fingerprint density at radius 1 is 1.03 bits per heavy atom. The summed E-state index contributed by atoms with van der Waals surface area (Å²) in [4.78, 5) is 43.2. The fourth-order valence-corrected chi connectivity index (χ4v) is 4.25. The maximum Gasteiger partial charge on any atom is 0.323 e. The Labute approximate surface area is 204 Å². The molecular weight excluding hydrogens is 448 g/mol. The number of carboxylic acid groups (broad SMARTS) is 1. The summed E-state index contributed by atoms with van der Waals surface area (Å²) in [6, 6.07) is 15.2. The smallest absolute Gasteiger partial charge is 0.323 e. The second kappa shape index (κ2) is 11.5. The molecule has 2 N–H and O–H groups in total. The minimum atomic E-state index is -1.01. The van der Waals surface area contributed by atoms with Crippen LogP contribution in [0.25, 0.3) is 0 Å². The van der Waals surface area contributed by atoms with Gasteiger partial charge in [0.1, 0.15) is 18.8 Å². The van der Waals surface area contributed by atoms with Crippen molar-refractivity contribution in [3.05, 3.63) is 59.7 Å². The highest BCUT2D eigenvalue weighted by Crippen LogP contribution is 2.34. The number of guanidine groups is 1. The molecule has 9 heteroatoms. The van der Waals surface area contributed by atoms with Crippen molar-refractivity contribution >= 4 is 29.4 Å². The highest BCUT2D eigenvalue weighted by atomic mass is 16.5. The van der Waals surface area contributed by atoms with E-state index in [1.54, 1.807) is 0 Å². The Morgan fingerprint density at radius 2 is 1.83 bits per heavy atom. The molecule has 35 heavy (non-hydrogen) atoms. The molecule has 2 aromatic carbocycles. The van der Waals surface area contributed by atoms with E-state index in [9.17, 15) is 14.4 Å². The van der Waals surface area contributed by atoms with Crippen LogP contribution in [0.4, 0.5) is 5.69 Å². The van der Waals surface area contributed by atoms with E-state index in [2.05, 4.69) is 10.3 Å². The lowest BCUT2D eigenvalue weighted by Crippen LogP contribution is -2.35. The van der Waals surface area contributed by atoms with Gasteiger partial charge in [-0.1, -0.05) is 49.2 Å². The van der Waals surface area contributed by atoms with E-state index in [-0.39, 0.29) is 18.4 Å². The summed E-state index contributed by atoms with van der Waals surface area (Å²) in [5.74, 6) is 0.177. The van der Waals surface area contributed by atoms with Gasteiger partial charge in [-0.15, -0.1) is 0 Å². The van der Waals surface area contributed by atoms with E-state index < -0.39 is 5.97 Å². The largest absolute Gasteiger partial charge is 0.493 e. The van der Waals surface area contributed by atoms with Gasteiger partial charge in [-0.2, -0.15) is 0 Å². The lowest BCUT2D eigenvalue weighted by atomic mass is 10.1. The maximum absolute atomic E-state index is 12.6. The summed E-state index contributed by atoms with van der Waals surface area (Å²) in [6.07, 6.45) is 3.66. The Balaban J connectivity index is 1.17. The molecular formula is C26H30N4O5. The number of carbonyl (C=O) groups excluding carboxylic acids is 2. The van der Waals surface area contributed by atoms with Gasteiger partial charge in [0.25, 0.3) is 0 Å². The number of hydrogen-bond acceptors (Lipinski definition) is 6. The second-order valence-corrected chi connectivity index (χ2v) is 8.74. The lowest BCUT2D eigenvalue weighted by Gasteiger charge is -2.24. The molecule has 2 heterocycles. The number of fused-ring (bicyclic) bond motifs is 2. The molecule has 2 aliphatic rings. The topological polar surface area (TPSA) is 112 Å². The van der Waals surface area contributed by atoms with Crippen LogP contribution in [0.3, 0.4) is 0 Å². The fourth-order valence-electron chi connectivity index (χ4n) is 4.25. The lowest BCUT2D eigenvalue weighted by molar-refractivity contribution is -0.145. The normalized spacial score (nSPS) is 14.0. The van der Waals surface area contributed by atoms with Gasteiger partial charge in [-0.3, -0.25) is 19.7 Å². The highest BCUT2D eigenvalue weighted by molar-refractivity contribution is 6.05. The summed E-state index contributed by atoms with van der Waals surface area (Å²) in [6.45, 7) is 1.45. The molecule has 0 saturated carbocycles. The van der Waals surface area contributed by atoms with Crippen LogP contribution >= 0.6 is 0 Å². The molecule has 0 radical (unpaired) electrons. The first-order valence-corrected chi connectivity index (χ1v) is 11.9. The zero-order valence-corrected chi connectivity index (χ0v) is 19.6. The molecule has 184 valence electrons. The third kappa shape index (κ3) is 6.59. The summed E-state index contributed by atoms with van der Waals surface area (Å²) in [5.41, 5.74) is 2.71. The van der Waals surface area contributed by atoms with Crippen molar-refractivity contribution in [2.75, 3.05) is 19.7 Å². The second-order valence-electron chi connectivity index (χ2n) is 8.74. The molecule has 2 amide bonds. The molecule has 2 aromatic rings. The average Bonchev–Trinajstić information content (AvgIpc) is 3.20. The molecule has 2 aliphatic heterocycles. The number of amides is 2. The van der Waals surface area contributed by atoms with Crippen molar-refractivity contribution < 1.29 is 24.2 Å². The van der Waals surface area contributed by atoms with Crippen molar-refractivity contribution in [2.24, 2.45) is 4.99 Å². The summed E-state index contributed by atoms with van der Waals surface area (Å²) >= 11 is 0. The Hall–Kier alpha value is -3.88. The molecule has 9 nitrogen and oxygen atoms in total. The summed E-state index contributed by atoms with van der Waals surface area (Å²) in [7, 11) is 0. The molecule has 0 atom stereocenters. The van der Waals surface area contributed by atoms with Crippen molar-refractivity contribution in [1.29, 1.82) is 0 Å². The number of nitrogens with zero attached hydrogens (tertiary/aromatic N) is 3. The summed E-state index contributed by atoms with van der Waals surface area (Å²) < 4.78 is 6.01. The molecule has 0 bridgehead atoms. The van der Waals surface area contributed by atoms with E-state index in [1.165, 1.54) is 4.90 Å². The first-order valence-electron chi connectivity index (χ1n) is 11.9. The monoisotopic (exact) mass is 478 g/mol. The third-order valence-corrected chi connectivity index (χ3v) is 6.01. The van der Waals surface area contributed by atoms with Crippen LogP contribution in [0.2, 0.25) is 0 Å². The van der Waals surface area contributed by atoms with Crippen molar-refractivity contribution in [1.82, 2.24) is 15.1 Å². The number of rotatable bonds is 12. The number of carbonyl (C=O) groups is 3. The Bertz CT molecular complexity index is 1100. The van der Waals surface area contributed by atoms with Gasteiger partial charge in [0.2, 0.25) is 17.8 Å². The first-order chi connectivity index (χ1) is 17.0. The molecule has 0 unspecified atom stereocenters. The predicted octanol–water partition coefficient (Wildman–Crippen LogP) is 3.06. The van der Waals surface area contributed by atoms with E-state index in [0.29, 0.717) is 45.0 Å². The van der Waals surface area contributed by atoms with E-state index >= 15 is 0 Å². The van der Waals surface area contributed by atoms with Crippen LogP contribution in [0.5, 0.6) is 5.75 Å². The maximum atomic E-state index is 12.6. The van der Waals surface area contributed by atoms with Gasteiger partial charge >= 0.3 is 5.97 Å². The first kappa shape index (κ1) is 24.3. The van der Waals surface area contributed by atoms with Crippen molar-refractivity contribution in [2.45, 2.75) is 45.2 Å². The molecule has 0 aliphatic carbocycles. The van der Waals surface area contributed by atoms with Crippen LogP contribution in [0.1, 0.15) is 43.2 Å². The zero-order chi connectivity index (χ0) is 24.6. The standard InChI is InChI=1S/C26H30N4O5/c31-23-17-30-16-20-21(27-26(30)28-23)11-8-12-22(20)35-14-7-2-1-6-13-24(32)29(18-25(33)34)15-19-9-4-3-5-10-19/h3-5,8-12H,1-2,6-7,13-18H2,(H,33,34)(H,27,28,31). The van der Waals surface area contributed by atoms with Crippen molar-refractivity contribution in [3.63, 3.8) is 0 Å². The van der Waals surface area contributed by atoms with E-state index in [4.69, 9.17) is 9.84 Å². The van der Waals surface area contributed by atoms with Gasteiger partial charge < -0.3 is 19.6 Å². The summed E-state index contributed by atoms with van der Waals surface area (Å²) in [5, 5.41) is 11.9. The Kier molecular flexibility index (Phi) is 7.97. The number of unbranched alkanes of at least 4 members (excludes halogenated alkanes) is 3. The number of carboxylic acids is 1. The van der Waals surface area contributed by atoms with Crippen LogP contribution in [-0.2, 0) is 27.5 Å². The predicted molar refractivity (Wildman–Crippen MR) is 130 cm³/mol. The molecule has 1 saturated heterocycles. The molecule has 1 fully saturated rings. The number of nitrogens with one attached hydrogen (secondary N) is 1. The van der Waals surface area contributed by atoms with Crippen LogP contribution in [-0.4, -0.2) is 58.3 Å². The van der Waals surface area contributed by atoms with Gasteiger partial charge in [-0.05, 0) is 30.5 Å². The van der Waals surface area contributed by atoms with Gasteiger partial charge in [-0.25, -0.2) is 4.99 Å². The molecule has 0 spiro atoms. The third-order valence-electron chi connectivity index (χ3n) is 6.01. The van der Waals surface area contributed by atoms with Crippen molar-refractivity contribution in [3.8, 4) is 5.75 Å². The minimum Gasteiger partial charge on any atom is -0.493 e. The zero-order valence-electron chi connectivity index (χ0n) is 19.6. The Morgan fingerprint density at radius 3 is 2.63 bits per heavy atom. The van der Waals surface area contributed by atoms with Crippen LogP contribution in [0, 0.1) is 0 Å².